The van der Waals surface area contributed by atoms with E-state index in [9.17, 15) is 8.78 Å². The molecule has 1 aliphatic heterocycles. The first-order valence-corrected chi connectivity index (χ1v) is 12.8. The maximum Gasteiger partial charge on any atom is 0.130 e. The van der Waals surface area contributed by atoms with Crippen LogP contribution in [-0.2, 0) is 13.0 Å². The van der Waals surface area contributed by atoms with Gasteiger partial charge in [0.2, 0.25) is 0 Å². The molecule has 2 fully saturated rings. The van der Waals surface area contributed by atoms with Crippen molar-refractivity contribution in [3.05, 3.63) is 95.1 Å². The van der Waals surface area contributed by atoms with E-state index in [0.717, 1.165) is 6.42 Å². The average Bonchev–Trinajstić information content (AvgIpc) is 3.29. The van der Waals surface area contributed by atoms with Crippen LogP contribution in [0.1, 0.15) is 67.7 Å². The molecular formula is C30H33F2N. The fourth-order valence-electron chi connectivity index (χ4n) is 7.65. The predicted molar refractivity (Wildman–Crippen MR) is 129 cm³/mol. The van der Waals surface area contributed by atoms with Crippen LogP contribution in [0.5, 0.6) is 0 Å². The molecule has 0 N–H and O–H groups in total. The van der Waals surface area contributed by atoms with Crippen LogP contribution >= 0.6 is 0 Å². The minimum Gasteiger partial charge on any atom is -0.282 e. The van der Waals surface area contributed by atoms with Gasteiger partial charge in [0.1, 0.15) is 11.6 Å². The monoisotopic (exact) mass is 445 g/mol. The Hall–Kier alpha value is -2.26. The summed E-state index contributed by atoms with van der Waals surface area (Å²) in [6.45, 7) is 0.319. The molecule has 3 heteroatoms. The molecule has 1 saturated heterocycles. The van der Waals surface area contributed by atoms with Crippen molar-refractivity contribution in [3.63, 3.8) is 0 Å². The predicted octanol–water partition coefficient (Wildman–Crippen LogP) is 7.54. The quantitative estimate of drug-likeness (QED) is 0.472. The summed E-state index contributed by atoms with van der Waals surface area (Å²) in [6.07, 6.45) is 19.1. The molecule has 0 amide bonds. The van der Waals surface area contributed by atoms with Gasteiger partial charge >= 0.3 is 0 Å². The van der Waals surface area contributed by atoms with Gasteiger partial charge in [0.25, 0.3) is 0 Å². The molecule has 4 aliphatic rings. The topological polar surface area (TPSA) is 3.24 Å². The zero-order valence-corrected chi connectivity index (χ0v) is 19.2. The van der Waals surface area contributed by atoms with Crippen molar-refractivity contribution in [3.8, 4) is 0 Å². The molecule has 0 radical (unpaired) electrons. The second kappa shape index (κ2) is 8.51. The van der Waals surface area contributed by atoms with E-state index in [-0.39, 0.29) is 17.1 Å². The van der Waals surface area contributed by atoms with Crippen LogP contribution in [0, 0.1) is 29.4 Å². The number of halogens is 2. The van der Waals surface area contributed by atoms with Crippen molar-refractivity contribution in [2.45, 2.75) is 69.5 Å². The number of benzene rings is 2. The second-order valence-corrected chi connectivity index (χ2v) is 10.5. The van der Waals surface area contributed by atoms with Crippen LogP contribution in [-0.4, -0.2) is 10.4 Å². The van der Waals surface area contributed by atoms with E-state index in [1.54, 1.807) is 0 Å². The van der Waals surface area contributed by atoms with Gasteiger partial charge in [0.15, 0.2) is 0 Å². The largest absolute Gasteiger partial charge is 0.282 e. The van der Waals surface area contributed by atoms with Gasteiger partial charge < -0.3 is 0 Å². The van der Waals surface area contributed by atoms with Gasteiger partial charge in [-0.25, -0.2) is 8.78 Å². The zero-order valence-electron chi connectivity index (χ0n) is 19.2. The van der Waals surface area contributed by atoms with Crippen molar-refractivity contribution < 1.29 is 8.78 Å². The van der Waals surface area contributed by atoms with E-state index in [4.69, 9.17) is 0 Å². The molecule has 0 bridgehead atoms. The Labute approximate surface area is 196 Å². The molecule has 1 heterocycles. The highest BCUT2D eigenvalue weighted by molar-refractivity contribution is 5.44. The molecule has 172 valence electrons. The number of hydrogen-bond acceptors (Lipinski definition) is 1. The fraction of sp³-hybridized carbons (Fsp3) is 0.467. The number of likely N-dealkylation sites (tertiary alicyclic amines) is 1. The summed E-state index contributed by atoms with van der Waals surface area (Å²) in [7, 11) is 0. The highest BCUT2D eigenvalue weighted by atomic mass is 19.1. The third-order valence-electron chi connectivity index (χ3n) is 9.01. The Morgan fingerprint density at radius 1 is 0.848 bits per heavy atom. The average molecular weight is 446 g/mol. The van der Waals surface area contributed by atoms with Crippen LogP contribution in [0.2, 0.25) is 0 Å². The summed E-state index contributed by atoms with van der Waals surface area (Å²) in [5.74, 6) is 0.480. The summed E-state index contributed by atoms with van der Waals surface area (Å²) < 4.78 is 29.9. The minimum absolute atomic E-state index is 0.177. The molecule has 1 nitrogen and oxygen atoms in total. The molecule has 0 spiro atoms. The molecule has 0 aromatic heterocycles. The Kier molecular flexibility index (Phi) is 5.49. The number of fused-ring (bicyclic) bond motifs is 5. The lowest BCUT2D eigenvalue weighted by Gasteiger charge is -2.49. The number of allylic oxidation sites excluding steroid dienone is 2. The highest BCUT2D eigenvalue weighted by Gasteiger charge is 2.61. The van der Waals surface area contributed by atoms with Crippen molar-refractivity contribution in [2.24, 2.45) is 17.8 Å². The van der Waals surface area contributed by atoms with Crippen LogP contribution in [0.4, 0.5) is 8.78 Å². The van der Waals surface area contributed by atoms with Gasteiger partial charge in [-0.15, -0.1) is 0 Å². The van der Waals surface area contributed by atoms with Gasteiger partial charge in [0.05, 0.1) is 0 Å². The van der Waals surface area contributed by atoms with Gasteiger partial charge in [-0.05, 0) is 54.4 Å². The molecule has 3 aliphatic carbocycles. The van der Waals surface area contributed by atoms with E-state index in [0.29, 0.717) is 24.3 Å². The van der Waals surface area contributed by atoms with Crippen LogP contribution in [0.25, 0.3) is 0 Å². The van der Waals surface area contributed by atoms with E-state index in [2.05, 4.69) is 53.5 Å². The smallest absolute Gasteiger partial charge is 0.130 e. The first-order valence-electron chi connectivity index (χ1n) is 12.8. The van der Waals surface area contributed by atoms with E-state index in [1.807, 2.05) is 0 Å². The first kappa shape index (κ1) is 21.3. The highest BCUT2D eigenvalue weighted by Crippen LogP contribution is 2.62. The summed E-state index contributed by atoms with van der Waals surface area (Å²) >= 11 is 0. The standard InChI is InChI=1S/C30H33F2N/c31-27-16-10-17-28(32)25(27)20-33-29-23-14-7-6-11-21(23)19-24(29)26-15-8-9-18-30(26,33)22-12-4-2-1-3-5-13-22/h6-11,14-18,22,24,26,29H,1-5,12-13,19-20H2. The molecule has 33 heavy (non-hydrogen) atoms. The van der Waals surface area contributed by atoms with Crippen LogP contribution in [0.15, 0.2) is 66.8 Å². The lowest BCUT2D eigenvalue weighted by atomic mass is 9.65. The van der Waals surface area contributed by atoms with Gasteiger partial charge in [0, 0.05) is 29.6 Å². The van der Waals surface area contributed by atoms with Gasteiger partial charge in [-0.3, -0.25) is 4.90 Å². The van der Waals surface area contributed by atoms with Crippen molar-refractivity contribution in [2.75, 3.05) is 0 Å². The second-order valence-electron chi connectivity index (χ2n) is 10.5. The minimum atomic E-state index is -0.426. The Morgan fingerprint density at radius 3 is 2.36 bits per heavy atom. The summed E-state index contributed by atoms with van der Waals surface area (Å²) in [4.78, 5) is 2.53. The summed E-state index contributed by atoms with van der Waals surface area (Å²) in [6, 6.07) is 13.2. The van der Waals surface area contributed by atoms with E-state index < -0.39 is 11.6 Å². The van der Waals surface area contributed by atoms with E-state index >= 15 is 0 Å². The summed E-state index contributed by atoms with van der Waals surface area (Å²) in [5.41, 5.74) is 2.81. The number of rotatable bonds is 3. The molecule has 6 rings (SSSR count). The normalized spacial score (nSPS) is 31.6. The Balaban J connectivity index is 1.50. The molecule has 4 unspecified atom stereocenters. The third kappa shape index (κ3) is 3.34. The molecule has 2 aromatic carbocycles. The maximum absolute atomic E-state index is 15.0. The first-order chi connectivity index (χ1) is 16.2. The Bertz CT molecular complexity index is 1060. The molecule has 4 atom stereocenters. The maximum atomic E-state index is 15.0. The van der Waals surface area contributed by atoms with Crippen molar-refractivity contribution >= 4 is 0 Å². The van der Waals surface area contributed by atoms with Crippen molar-refractivity contribution in [1.82, 2.24) is 4.90 Å². The lowest BCUT2D eigenvalue weighted by molar-refractivity contribution is 0.0453. The molecular weight excluding hydrogens is 412 g/mol. The lowest BCUT2D eigenvalue weighted by Crippen LogP contribution is -2.53. The third-order valence-corrected chi connectivity index (χ3v) is 9.01. The van der Waals surface area contributed by atoms with Crippen molar-refractivity contribution in [1.29, 1.82) is 0 Å². The van der Waals surface area contributed by atoms with Gasteiger partial charge in [-0.1, -0.05) is 86.7 Å². The SMILES string of the molecule is Fc1cccc(F)c1CN1C2c3ccccc3CC2C2C=CC=CC21C1CCCCCCC1. The van der Waals surface area contributed by atoms with Crippen LogP contribution < -0.4 is 0 Å². The Morgan fingerprint density at radius 2 is 1.58 bits per heavy atom. The summed E-state index contributed by atoms with van der Waals surface area (Å²) in [5, 5.41) is 0. The molecule has 1 saturated carbocycles. The van der Waals surface area contributed by atoms with Gasteiger partial charge in [-0.2, -0.15) is 0 Å². The van der Waals surface area contributed by atoms with Crippen LogP contribution in [0.3, 0.4) is 0 Å². The van der Waals surface area contributed by atoms with E-state index in [1.165, 1.54) is 74.3 Å². The number of nitrogens with zero attached hydrogens (tertiary/aromatic N) is 1. The fourth-order valence-corrected chi connectivity index (χ4v) is 7.65. The molecule has 2 aromatic rings. The zero-order chi connectivity index (χ0) is 22.4. The number of hydrogen-bond donors (Lipinski definition) is 0.